The maximum Gasteiger partial charge on any atom is 0.232 e. The van der Waals surface area contributed by atoms with E-state index in [4.69, 9.17) is 22.1 Å². The lowest BCUT2D eigenvalue weighted by Gasteiger charge is -2.32. The molecule has 1 fully saturated rings. The summed E-state index contributed by atoms with van der Waals surface area (Å²) < 4.78 is 6.49. The van der Waals surface area contributed by atoms with E-state index in [1.807, 2.05) is 0 Å². The number of aromatic nitrogens is 1. The van der Waals surface area contributed by atoms with Crippen LogP contribution in [0.2, 0.25) is 5.02 Å². The van der Waals surface area contributed by atoms with Crippen LogP contribution in [0.3, 0.4) is 0 Å². The van der Waals surface area contributed by atoms with Crippen molar-refractivity contribution in [2.45, 2.75) is 37.6 Å². The Morgan fingerprint density at radius 2 is 2.12 bits per heavy atom. The Morgan fingerprint density at radius 3 is 2.76 bits per heavy atom. The summed E-state index contributed by atoms with van der Waals surface area (Å²) in [6.45, 7) is 0.487. The number of rotatable bonds is 3. The van der Waals surface area contributed by atoms with Gasteiger partial charge in [0.1, 0.15) is 11.6 Å². The molecule has 5 heteroatoms. The number of hydrogen-bond acceptors (Lipinski definition) is 3. The highest BCUT2D eigenvalue weighted by atomic mass is 79.9. The monoisotopic (exact) mass is 318 g/mol. The molecule has 2 rings (SSSR count). The normalized spacial score (nSPS) is 19.0. The zero-order valence-electron chi connectivity index (χ0n) is 9.59. The standard InChI is InChI=1S/C12H16BrClN2O/c13-9-6-10(14)11(16-7-9)17-8-12(15)4-2-1-3-5-12/h6-7H,1-5,8,15H2. The van der Waals surface area contributed by atoms with Gasteiger partial charge in [0.25, 0.3) is 0 Å². The van der Waals surface area contributed by atoms with Gasteiger partial charge in [-0.2, -0.15) is 0 Å². The fourth-order valence-electron chi connectivity index (χ4n) is 2.12. The molecule has 17 heavy (non-hydrogen) atoms. The number of nitrogens with zero attached hydrogens (tertiary/aromatic N) is 1. The SMILES string of the molecule is NC1(COc2ncc(Br)cc2Cl)CCCCC1. The Morgan fingerprint density at radius 1 is 1.41 bits per heavy atom. The molecule has 0 spiro atoms. The molecular weight excluding hydrogens is 304 g/mol. The third kappa shape index (κ3) is 3.57. The van der Waals surface area contributed by atoms with Crippen LogP contribution >= 0.6 is 27.5 Å². The van der Waals surface area contributed by atoms with E-state index in [-0.39, 0.29) is 5.54 Å². The summed E-state index contributed by atoms with van der Waals surface area (Å²) in [6.07, 6.45) is 7.34. The molecule has 1 aliphatic rings. The van der Waals surface area contributed by atoms with E-state index in [0.29, 0.717) is 17.5 Å². The van der Waals surface area contributed by atoms with Gasteiger partial charge in [-0.05, 0) is 34.8 Å². The van der Waals surface area contributed by atoms with Crippen molar-refractivity contribution in [2.75, 3.05) is 6.61 Å². The van der Waals surface area contributed by atoms with Crippen molar-refractivity contribution in [1.29, 1.82) is 0 Å². The van der Waals surface area contributed by atoms with E-state index in [0.717, 1.165) is 17.3 Å². The maximum absolute atomic E-state index is 6.28. The molecule has 0 unspecified atom stereocenters. The lowest BCUT2D eigenvalue weighted by atomic mass is 9.83. The highest BCUT2D eigenvalue weighted by Crippen LogP contribution is 2.29. The molecule has 0 amide bonds. The van der Waals surface area contributed by atoms with Crippen LogP contribution in [0.15, 0.2) is 16.7 Å². The smallest absolute Gasteiger partial charge is 0.232 e. The molecule has 3 nitrogen and oxygen atoms in total. The average Bonchev–Trinajstić information content (AvgIpc) is 2.29. The minimum Gasteiger partial charge on any atom is -0.475 e. The molecule has 1 aliphatic carbocycles. The minimum absolute atomic E-state index is 0.212. The first-order valence-electron chi connectivity index (χ1n) is 5.82. The number of halogens is 2. The van der Waals surface area contributed by atoms with Gasteiger partial charge in [0.2, 0.25) is 5.88 Å². The molecule has 0 radical (unpaired) electrons. The Labute approximate surface area is 115 Å². The van der Waals surface area contributed by atoms with Crippen LogP contribution < -0.4 is 10.5 Å². The average molecular weight is 320 g/mol. The number of ether oxygens (including phenoxy) is 1. The summed E-state index contributed by atoms with van der Waals surface area (Å²) >= 11 is 9.34. The molecule has 1 saturated carbocycles. The second-order valence-corrected chi connectivity index (χ2v) is 5.98. The van der Waals surface area contributed by atoms with Crippen molar-refractivity contribution in [3.63, 3.8) is 0 Å². The second kappa shape index (κ2) is 5.55. The molecule has 0 saturated heterocycles. The molecule has 0 aliphatic heterocycles. The summed E-state index contributed by atoms with van der Waals surface area (Å²) in [4.78, 5) is 4.14. The van der Waals surface area contributed by atoms with Crippen LogP contribution in [0.4, 0.5) is 0 Å². The van der Waals surface area contributed by atoms with Crippen molar-refractivity contribution in [2.24, 2.45) is 5.73 Å². The highest BCUT2D eigenvalue weighted by Gasteiger charge is 2.28. The number of nitrogens with two attached hydrogens (primary N) is 1. The topological polar surface area (TPSA) is 48.1 Å². The van der Waals surface area contributed by atoms with E-state index in [1.54, 1.807) is 12.3 Å². The van der Waals surface area contributed by atoms with E-state index in [2.05, 4.69) is 20.9 Å². The van der Waals surface area contributed by atoms with Crippen LogP contribution in [0, 0.1) is 0 Å². The first kappa shape index (κ1) is 13.1. The van der Waals surface area contributed by atoms with Gasteiger partial charge in [-0.15, -0.1) is 0 Å². The predicted octanol–water partition coefficient (Wildman–Crippen LogP) is 3.54. The highest BCUT2D eigenvalue weighted by molar-refractivity contribution is 9.10. The molecule has 0 aromatic carbocycles. The van der Waals surface area contributed by atoms with E-state index < -0.39 is 0 Å². The molecule has 1 aromatic heterocycles. The zero-order chi connectivity index (χ0) is 12.3. The molecule has 0 atom stereocenters. The van der Waals surface area contributed by atoms with Crippen LogP contribution in [0.1, 0.15) is 32.1 Å². The summed E-state index contributed by atoms with van der Waals surface area (Å²) in [6, 6.07) is 1.77. The predicted molar refractivity (Wildman–Crippen MR) is 72.4 cm³/mol. The van der Waals surface area contributed by atoms with Crippen molar-refractivity contribution in [1.82, 2.24) is 4.98 Å². The van der Waals surface area contributed by atoms with Crippen LogP contribution in [-0.2, 0) is 0 Å². The lowest BCUT2D eigenvalue weighted by molar-refractivity contribution is 0.169. The maximum atomic E-state index is 6.28. The van der Waals surface area contributed by atoms with Crippen molar-refractivity contribution in [3.05, 3.63) is 21.8 Å². The summed E-state index contributed by atoms with van der Waals surface area (Å²) in [5.41, 5.74) is 6.07. The van der Waals surface area contributed by atoms with Gasteiger partial charge in [0.15, 0.2) is 0 Å². The fourth-order valence-corrected chi connectivity index (χ4v) is 2.80. The number of pyridine rings is 1. The van der Waals surface area contributed by atoms with Gasteiger partial charge in [-0.25, -0.2) is 4.98 Å². The van der Waals surface area contributed by atoms with Gasteiger partial charge in [-0.3, -0.25) is 0 Å². The third-order valence-corrected chi connectivity index (χ3v) is 3.82. The zero-order valence-corrected chi connectivity index (χ0v) is 11.9. The van der Waals surface area contributed by atoms with Crippen LogP contribution in [0.5, 0.6) is 5.88 Å². The summed E-state index contributed by atoms with van der Waals surface area (Å²) in [7, 11) is 0. The van der Waals surface area contributed by atoms with Gasteiger partial charge < -0.3 is 10.5 Å². The Bertz CT molecular complexity index is 394. The minimum atomic E-state index is -0.212. The summed E-state index contributed by atoms with van der Waals surface area (Å²) in [5, 5.41) is 0.513. The Kier molecular flexibility index (Phi) is 4.28. The Hall–Kier alpha value is -0.320. The quantitative estimate of drug-likeness (QED) is 0.927. The summed E-state index contributed by atoms with van der Waals surface area (Å²) in [5.74, 6) is 0.463. The van der Waals surface area contributed by atoms with E-state index in [1.165, 1.54) is 19.3 Å². The van der Waals surface area contributed by atoms with Gasteiger partial charge in [-0.1, -0.05) is 30.9 Å². The fraction of sp³-hybridized carbons (Fsp3) is 0.583. The molecular formula is C12H16BrClN2O. The molecule has 1 aromatic rings. The van der Waals surface area contributed by atoms with Gasteiger partial charge in [0.05, 0.1) is 5.54 Å². The van der Waals surface area contributed by atoms with Gasteiger partial charge >= 0.3 is 0 Å². The third-order valence-electron chi connectivity index (χ3n) is 3.12. The van der Waals surface area contributed by atoms with Crippen molar-refractivity contribution >= 4 is 27.5 Å². The lowest BCUT2D eigenvalue weighted by Crippen LogP contribution is -2.47. The van der Waals surface area contributed by atoms with Crippen LogP contribution in [-0.4, -0.2) is 17.1 Å². The van der Waals surface area contributed by atoms with Crippen LogP contribution in [0.25, 0.3) is 0 Å². The van der Waals surface area contributed by atoms with E-state index >= 15 is 0 Å². The van der Waals surface area contributed by atoms with Gasteiger partial charge in [0, 0.05) is 10.7 Å². The van der Waals surface area contributed by atoms with Crippen molar-refractivity contribution < 1.29 is 4.74 Å². The molecule has 2 N–H and O–H groups in total. The largest absolute Gasteiger partial charge is 0.475 e. The molecule has 1 heterocycles. The first-order valence-corrected chi connectivity index (χ1v) is 6.99. The second-order valence-electron chi connectivity index (χ2n) is 4.65. The Balaban J connectivity index is 1.97. The van der Waals surface area contributed by atoms with E-state index in [9.17, 15) is 0 Å². The molecule has 94 valence electrons. The molecule has 0 bridgehead atoms. The van der Waals surface area contributed by atoms with Crippen molar-refractivity contribution in [3.8, 4) is 5.88 Å². The first-order chi connectivity index (χ1) is 8.09. The number of hydrogen-bond donors (Lipinski definition) is 1.